The van der Waals surface area contributed by atoms with Crippen molar-refractivity contribution in [2.75, 3.05) is 25.0 Å². The lowest BCUT2D eigenvalue weighted by Gasteiger charge is -2.33. The van der Waals surface area contributed by atoms with Crippen molar-refractivity contribution in [2.24, 2.45) is 0 Å². The number of nitrogens with one attached hydrogen (secondary N) is 1. The lowest BCUT2D eigenvalue weighted by molar-refractivity contribution is -0.00581. The Bertz CT molecular complexity index is 1290. The number of oxazole rings is 1. The first-order chi connectivity index (χ1) is 17.1. The molecule has 8 heteroatoms. The molecule has 3 aromatic rings. The van der Waals surface area contributed by atoms with Gasteiger partial charge in [0.1, 0.15) is 11.1 Å². The largest absolute Gasteiger partial charge is 0.444 e. The van der Waals surface area contributed by atoms with Crippen LogP contribution in [0.3, 0.4) is 0 Å². The average Bonchev–Trinajstić information content (AvgIpc) is 3.27. The van der Waals surface area contributed by atoms with Crippen molar-refractivity contribution < 1.29 is 18.7 Å². The van der Waals surface area contributed by atoms with E-state index >= 15 is 0 Å². The number of hydrogen-bond donors (Lipinski definition) is 1. The van der Waals surface area contributed by atoms with Gasteiger partial charge in [-0.3, -0.25) is 0 Å². The minimum atomic E-state index is -0.490. The predicted octanol–water partition coefficient (Wildman–Crippen LogP) is 6.02. The van der Waals surface area contributed by atoms with Gasteiger partial charge in [0, 0.05) is 30.0 Å². The molecule has 1 amide bonds. The van der Waals surface area contributed by atoms with E-state index in [1.54, 1.807) is 17.0 Å². The molecule has 1 fully saturated rings. The van der Waals surface area contributed by atoms with Crippen molar-refractivity contribution in [1.29, 1.82) is 5.26 Å². The van der Waals surface area contributed by atoms with Crippen LogP contribution in [0.25, 0.3) is 22.6 Å². The van der Waals surface area contributed by atoms with Crippen LogP contribution >= 0.6 is 0 Å². The fourth-order valence-corrected chi connectivity index (χ4v) is 4.07. The first kappa shape index (κ1) is 25.3. The number of carbonyl (C=O) groups is 1. The van der Waals surface area contributed by atoms with E-state index < -0.39 is 5.60 Å². The topological polar surface area (TPSA) is 101 Å². The third-order valence-electron chi connectivity index (χ3n) is 5.84. The number of piperidine rings is 1. The number of aromatic nitrogens is 1. The number of likely N-dealkylation sites (tertiary alicyclic amines) is 1. The molecule has 2 aromatic carbocycles. The second-order valence-corrected chi connectivity index (χ2v) is 10.1. The monoisotopic (exact) mass is 488 g/mol. The van der Waals surface area contributed by atoms with Crippen molar-refractivity contribution in [3.8, 4) is 17.5 Å². The Kier molecular flexibility index (Phi) is 7.32. The molecule has 0 radical (unpaired) electrons. The zero-order chi connectivity index (χ0) is 25.9. The SMILES string of the molecule is C=C(COC1CCN(C(=O)OC(C)(C)C)CC1)Nc1ccc(-c2nc3cc(C#N)cc(C)c3o2)cc1. The van der Waals surface area contributed by atoms with E-state index in [9.17, 15) is 10.1 Å². The second kappa shape index (κ2) is 10.4. The Labute approximate surface area is 211 Å². The standard InChI is InChI=1S/C28H32N4O4/c1-18-14-20(16-29)15-24-25(18)35-26(31-24)21-6-8-22(9-7-21)30-19(2)17-34-23-10-12-32(13-11-23)27(33)36-28(3,4)5/h6-9,14-15,23,30H,2,10-13,17H2,1,3-5H3. The van der Waals surface area contributed by atoms with Crippen LogP contribution in [0.2, 0.25) is 0 Å². The number of carbonyl (C=O) groups excluding carboxylic acids is 1. The number of hydrogen-bond acceptors (Lipinski definition) is 7. The zero-order valence-electron chi connectivity index (χ0n) is 21.3. The number of anilines is 1. The maximum atomic E-state index is 12.2. The zero-order valence-corrected chi connectivity index (χ0v) is 21.3. The summed E-state index contributed by atoms with van der Waals surface area (Å²) in [5.41, 5.74) is 4.79. The van der Waals surface area contributed by atoms with E-state index in [1.165, 1.54) is 0 Å². The molecular weight excluding hydrogens is 456 g/mol. The molecule has 0 aliphatic carbocycles. The summed E-state index contributed by atoms with van der Waals surface area (Å²) >= 11 is 0. The molecule has 8 nitrogen and oxygen atoms in total. The fraction of sp³-hybridized carbons (Fsp3) is 0.393. The van der Waals surface area contributed by atoms with E-state index in [0.717, 1.165) is 35.4 Å². The molecule has 0 unspecified atom stereocenters. The van der Waals surface area contributed by atoms with Crippen LogP contribution in [0.5, 0.6) is 0 Å². The Balaban J connectivity index is 1.26. The van der Waals surface area contributed by atoms with Crippen molar-refractivity contribution in [3.63, 3.8) is 0 Å². The van der Waals surface area contributed by atoms with Crippen LogP contribution in [-0.4, -0.2) is 47.4 Å². The summed E-state index contributed by atoms with van der Waals surface area (Å²) in [5, 5.41) is 12.4. The molecule has 1 aromatic heterocycles. The Morgan fingerprint density at radius 2 is 1.94 bits per heavy atom. The van der Waals surface area contributed by atoms with Crippen molar-refractivity contribution in [1.82, 2.24) is 9.88 Å². The summed E-state index contributed by atoms with van der Waals surface area (Å²) in [6.07, 6.45) is 1.34. The minimum absolute atomic E-state index is 0.0776. The van der Waals surface area contributed by atoms with Crippen LogP contribution in [-0.2, 0) is 9.47 Å². The molecule has 1 N–H and O–H groups in total. The number of nitrogens with zero attached hydrogens (tertiary/aromatic N) is 3. The molecule has 0 atom stereocenters. The van der Waals surface area contributed by atoms with Crippen LogP contribution < -0.4 is 5.32 Å². The van der Waals surface area contributed by atoms with Crippen LogP contribution in [0.15, 0.2) is 53.1 Å². The highest BCUT2D eigenvalue weighted by Gasteiger charge is 2.27. The molecule has 1 aliphatic rings. The highest BCUT2D eigenvalue weighted by molar-refractivity contribution is 5.81. The first-order valence-electron chi connectivity index (χ1n) is 12.1. The number of aryl methyl sites for hydroxylation is 1. The van der Waals surface area contributed by atoms with Crippen LogP contribution in [0, 0.1) is 18.3 Å². The van der Waals surface area contributed by atoms with Gasteiger partial charge in [-0.05, 0) is 82.5 Å². The molecule has 2 heterocycles. The molecule has 0 spiro atoms. The first-order valence-corrected chi connectivity index (χ1v) is 12.1. The summed E-state index contributed by atoms with van der Waals surface area (Å²) < 4.78 is 17.4. The molecule has 1 aliphatic heterocycles. The third-order valence-corrected chi connectivity index (χ3v) is 5.84. The third kappa shape index (κ3) is 6.23. The van der Waals surface area contributed by atoms with Crippen LogP contribution in [0.4, 0.5) is 10.5 Å². The molecule has 0 bridgehead atoms. The summed E-state index contributed by atoms with van der Waals surface area (Å²) in [4.78, 5) is 18.5. The van der Waals surface area contributed by atoms with Gasteiger partial charge in [-0.25, -0.2) is 9.78 Å². The van der Waals surface area contributed by atoms with Crippen molar-refractivity contribution >= 4 is 22.9 Å². The summed E-state index contributed by atoms with van der Waals surface area (Å²) in [5.74, 6) is 0.509. The van der Waals surface area contributed by atoms with Gasteiger partial charge < -0.3 is 24.1 Å². The Morgan fingerprint density at radius 3 is 2.58 bits per heavy atom. The maximum Gasteiger partial charge on any atom is 0.410 e. The molecule has 188 valence electrons. The van der Waals surface area contributed by atoms with Gasteiger partial charge >= 0.3 is 6.09 Å². The molecular formula is C28H32N4O4. The lowest BCUT2D eigenvalue weighted by Crippen LogP contribution is -2.43. The number of nitriles is 1. The lowest BCUT2D eigenvalue weighted by atomic mass is 10.1. The fourth-order valence-electron chi connectivity index (χ4n) is 4.07. The maximum absolute atomic E-state index is 12.2. The Morgan fingerprint density at radius 1 is 1.25 bits per heavy atom. The van der Waals surface area contributed by atoms with Crippen molar-refractivity contribution in [3.05, 3.63) is 59.8 Å². The quantitative estimate of drug-likeness (QED) is 0.453. The number of rotatable bonds is 6. The van der Waals surface area contributed by atoms with Gasteiger partial charge in [-0.1, -0.05) is 6.58 Å². The highest BCUT2D eigenvalue weighted by atomic mass is 16.6. The summed E-state index contributed by atoms with van der Waals surface area (Å²) in [6.45, 7) is 13.2. The predicted molar refractivity (Wildman–Crippen MR) is 138 cm³/mol. The average molecular weight is 489 g/mol. The molecule has 36 heavy (non-hydrogen) atoms. The number of amides is 1. The summed E-state index contributed by atoms with van der Waals surface area (Å²) in [7, 11) is 0. The van der Waals surface area contributed by atoms with Crippen LogP contribution in [0.1, 0.15) is 44.7 Å². The molecule has 1 saturated heterocycles. The Hall–Kier alpha value is -3.83. The smallest absolute Gasteiger partial charge is 0.410 e. The van der Waals surface area contributed by atoms with E-state index in [-0.39, 0.29) is 12.2 Å². The summed E-state index contributed by atoms with van der Waals surface area (Å²) in [6, 6.07) is 13.4. The van der Waals surface area contributed by atoms with E-state index in [1.807, 2.05) is 52.0 Å². The number of fused-ring (bicyclic) bond motifs is 1. The van der Waals surface area contributed by atoms with Gasteiger partial charge in [-0.15, -0.1) is 0 Å². The van der Waals surface area contributed by atoms with E-state index in [0.29, 0.717) is 42.3 Å². The normalized spacial score (nSPS) is 14.5. The molecule has 0 saturated carbocycles. The highest BCUT2D eigenvalue weighted by Crippen LogP contribution is 2.28. The van der Waals surface area contributed by atoms with E-state index in [2.05, 4.69) is 22.9 Å². The van der Waals surface area contributed by atoms with Gasteiger partial charge in [0.15, 0.2) is 5.58 Å². The minimum Gasteiger partial charge on any atom is -0.444 e. The number of benzene rings is 2. The van der Waals surface area contributed by atoms with E-state index in [4.69, 9.17) is 13.9 Å². The van der Waals surface area contributed by atoms with Gasteiger partial charge in [0.2, 0.25) is 5.89 Å². The van der Waals surface area contributed by atoms with Gasteiger partial charge in [0.05, 0.1) is 24.3 Å². The van der Waals surface area contributed by atoms with Gasteiger partial charge in [-0.2, -0.15) is 5.26 Å². The number of ether oxygens (including phenoxy) is 2. The van der Waals surface area contributed by atoms with Crippen molar-refractivity contribution in [2.45, 2.75) is 52.2 Å². The molecule has 4 rings (SSSR count). The van der Waals surface area contributed by atoms with Gasteiger partial charge in [0.25, 0.3) is 0 Å². The second-order valence-electron chi connectivity index (χ2n) is 10.1.